The topological polar surface area (TPSA) is 56.5 Å². The van der Waals surface area contributed by atoms with E-state index in [1.807, 2.05) is 36.4 Å². The van der Waals surface area contributed by atoms with Gasteiger partial charge in [0.25, 0.3) is 0 Å². The third-order valence-corrected chi connectivity index (χ3v) is 7.73. The average molecular weight is 546 g/mol. The number of rotatable bonds is 6. The van der Waals surface area contributed by atoms with E-state index in [1.54, 1.807) is 0 Å². The van der Waals surface area contributed by atoms with E-state index in [0.29, 0.717) is 17.6 Å². The third-order valence-electron chi connectivity index (χ3n) is 7.73. The lowest BCUT2D eigenvalue weighted by Gasteiger charge is -2.14. The van der Waals surface area contributed by atoms with Crippen LogP contribution in [0.25, 0.3) is 56.5 Å². The molecule has 1 aliphatic rings. The number of para-hydroxylation sites is 2. The zero-order valence-electron chi connectivity index (χ0n) is 23.8. The lowest BCUT2D eigenvalue weighted by molar-refractivity contribution is 0.867. The Hall–Kier alpha value is -5.16. The molecule has 2 heterocycles. The fraction of sp³-hybridized carbons (Fsp3) is 0.135. The quantitative estimate of drug-likeness (QED) is 0.209. The van der Waals surface area contributed by atoms with Crippen molar-refractivity contribution in [3.63, 3.8) is 0 Å². The van der Waals surface area contributed by atoms with E-state index >= 15 is 0 Å². The molecule has 0 radical (unpaired) electrons. The predicted molar refractivity (Wildman–Crippen MR) is 171 cm³/mol. The molecule has 1 aliphatic carbocycles. The number of benzene rings is 4. The van der Waals surface area contributed by atoms with Crippen LogP contribution in [0.3, 0.4) is 0 Å². The van der Waals surface area contributed by atoms with Gasteiger partial charge >= 0.3 is 0 Å². The van der Waals surface area contributed by atoms with Crippen molar-refractivity contribution in [2.45, 2.75) is 32.6 Å². The van der Waals surface area contributed by atoms with Gasteiger partial charge in [-0.05, 0) is 54.2 Å². The Morgan fingerprint density at radius 2 is 1.36 bits per heavy atom. The van der Waals surface area contributed by atoms with Gasteiger partial charge in [0.05, 0.1) is 11.0 Å². The molecule has 0 amide bonds. The molecule has 42 heavy (non-hydrogen) atoms. The summed E-state index contributed by atoms with van der Waals surface area (Å²) in [4.78, 5) is 19.9. The normalized spacial score (nSPS) is 13.1. The molecule has 0 N–H and O–H groups in total. The first-order valence-corrected chi connectivity index (χ1v) is 14.5. The largest absolute Gasteiger partial charge is 0.292 e. The van der Waals surface area contributed by atoms with E-state index in [0.717, 1.165) is 63.5 Å². The van der Waals surface area contributed by atoms with E-state index < -0.39 is 0 Å². The van der Waals surface area contributed by atoms with Crippen LogP contribution in [0.5, 0.6) is 0 Å². The van der Waals surface area contributed by atoms with E-state index in [-0.39, 0.29) is 0 Å². The lowest BCUT2D eigenvalue weighted by Crippen LogP contribution is -2.04. The van der Waals surface area contributed by atoms with E-state index in [4.69, 9.17) is 19.9 Å². The Bertz CT molecular complexity index is 1950. The summed E-state index contributed by atoms with van der Waals surface area (Å²) in [6, 6.07) is 35.6. The highest BCUT2D eigenvalue weighted by Crippen LogP contribution is 2.32. The van der Waals surface area contributed by atoms with E-state index in [9.17, 15) is 0 Å². The number of allylic oxidation sites excluding steroid dienone is 4. The number of imidazole rings is 1. The standard InChI is InChI=1S/C37H31N5/c1-25(2)26-20-22-29(23-21-26)37-38-32-18-9-10-19-33(32)42(37)31-17-11-16-30(24-31)36-40-34(27-12-5-3-6-13-27)39-35(41-36)28-14-7-4-8-15-28/h3-7,9-14,16-25H,8,15H2,1-2H3. The predicted octanol–water partition coefficient (Wildman–Crippen LogP) is 9.07. The molecule has 4 aromatic carbocycles. The van der Waals surface area contributed by atoms with Crippen molar-refractivity contribution >= 4 is 16.6 Å². The lowest BCUT2D eigenvalue weighted by atomic mass is 10.0. The third kappa shape index (κ3) is 4.94. The van der Waals surface area contributed by atoms with Crippen LogP contribution in [-0.4, -0.2) is 24.5 Å². The minimum atomic E-state index is 0.473. The Balaban J connectivity index is 1.38. The summed E-state index contributed by atoms with van der Waals surface area (Å²) >= 11 is 0. The first kappa shape index (κ1) is 25.8. The monoisotopic (exact) mass is 545 g/mol. The molecule has 0 saturated heterocycles. The van der Waals surface area contributed by atoms with Gasteiger partial charge in [0.15, 0.2) is 17.5 Å². The Morgan fingerprint density at radius 1 is 0.643 bits per heavy atom. The van der Waals surface area contributed by atoms with Crippen molar-refractivity contribution in [1.29, 1.82) is 0 Å². The maximum atomic E-state index is 5.07. The molecule has 0 atom stereocenters. The number of hydrogen-bond acceptors (Lipinski definition) is 4. The summed E-state index contributed by atoms with van der Waals surface area (Å²) in [7, 11) is 0. The van der Waals surface area contributed by atoms with Crippen molar-refractivity contribution in [2.24, 2.45) is 0 Å². The molecular weight excluding hydrogens is 514 g/mol. The highest BCUT2D eigenvalue weighted by atomic mass is 15.1. The molecule has 7 rings (SSSR count). The molecular formula is C37H31N5. The first-order valence-electron chi connectivity index (χ1n) is 14.5. The SMILES string of the molecule is CC(C)c1ccc(-c2nc3ccccc3n2-c2cccc(-c3nc(C4=CC=CCC4)nc(-c4ccccc4)n3)c2)cc1. The van der Waals surface area contributed by atoms with Crippen molar-refractivity contribution in [2.75, 3.05) is 0 Å². The molecule has 5 nitrogen and oxygen atoms in total. The molecule has 0 saturated carbocycles. The van der Waals surface area contributed by atoms with Crippen LogP contribution in [0.15, 0.2) is 121 Å². The van der Waals surface area contributed by atoms with Gasteiger partial charge in [0.1, 0.15) is 5.82 Å². The van der Waals surface area contributed by atoms with Gasteiger partial charge in [0.2, 0.25) is 0 Å². The number of hydrogen-bond donors (Lipinski definition) is 0. The molecule has 0 aliphatic heterocycles. The van der Waals surface area contributed by atoms with E-state index in [2.05, 4.69) is 103 Å². The van der Waals surface area contributed by atoms with Crippen molar-refractivity contribution in [3.05, 3.63) is 133 Å². The van der Waals surface area contributed by atoms with Crippen LogP contribution >= 0.6 is 0 Å². The average Bonchev–Trinajstić information content (AvgIpc) is 3.45. The van der Waals surface area contributed by atoms with Crippen LogP contribution in [0.2, 0.25) is 0 Å². The van der Waals surface area contributed by atoms with Gasteiger partial charge in [-0.3, -0.25) is 4.57 Å². The first-order chi connectivity index (χ1) is 20.6. The molecule has 0 fully saturated rings. The van der Waals surface area contributed by atoms with Gasteiger partial charge in [-0.1, -0.05) is 111 Å². The second kappa shape index (κ2) is 11.0. The van der Waals surface area contributed by atoms with Gasteiger partial charge in [-0.25, -0.2) is 19.9 Å². The van der Waals surface area contributed by atoms with Gasteiger partial charge in [-0.15, -0.1) is 0 Å². The molecule has 2 aromatic heterocycles. The summed E-state index contributed by atoms with van der Waals surface area (Å²) in [5.74, 6) is 3.44. The second-order valence-corrected chi connectivity index (χ2v) is 10.9. The summed E-state index contributed by atoms with van der Waals surface area (Å²) in [6.45, 7) is 4.43. The van der Waals surface area contributed by atoms with Crippen LogP contribution in [-0.2, 0) is 0 Å². The van der Waals surface area contributed by atoms with Crippen molar-refractivity contribution in [3.8, 4) is 39.9 Å². The van der Waals surface area contributed by atoms with Gasteiger partial charge in [0, 0.05) is 22.4 Å². The summed E-state index contributed by atoms with van der Waals surface area (Å²) < 4.78 is 2.23. The minimum absolute atomic E-state index is 0.473. The summed E-state index contributed by atoms with van der Waals surface area (Å²) in [5, 5.41) is 0. The zero-order chi connectivity index (χ0) is 28.5. The summed E-state index contributed by atoms with van der Waals surface area (Å²) in [6.07, 6.45) is 8.27. The minimum Gasteiger partial charge on any atom is -0.292 e. The molecule has 204 valence electrons. The van der Waals surface area contributed by atoms with Gasteiger partial charge in [-0.2, -0.15) is 0 Å². The smallest absolute Gasteiger partial charge is 0.164 e. The molecule has 6 aromatic rings. The molecule has 0 bridgehead atoms. The maximum Gasteiger partial charge on any atom is 0.164 e. The number of fused-ring (bicyclic) bond motifs is 1. The van der Waals surface area contributed by atoms with E-state index in [1.165, 1.54) is 5.56 Å². The Morgan fingerprint density at radius 3 is 2.12 bits per heavy atom. The number of nitrogens with zero attached hydrogens (tertiary/aromatic N) is 5. The zero-order valence-corrected chi connectivity index (χ0v) is 23.8. The second-order valence-electron chi connectivity index (χ2n) is 10.9. The summed E-state index contributed by atoms with van der Waals surface area (Å²) in [5.41, 5.74) is 8.43. The van der Waals surface area contributed by atoms with Crippen molar-refractivity contribution < 1.29 is 0 Å². The fourth-order valence-electron chi connectivity index (χ4n) is 5.44. The van der Waals surface area contributed by atoms with Crippen LogP contribution in [0.1, 0.15) is 44.0 Å². The highest BCUT2D eigenvalue weighted by Gasteiger charge is 2.18. The van der Waals surface area contributed by atoms with Crippen LogP contribution in [0, 0.1) is 0 Å². The van der Waals surface area contributed by atoms with Crippen LogP contribution < -0.4 is 0 Å². The highest BCUT2D eigenvalue weighted by molar-refractivity contribution is 5.84. The molecule has 0 unspecified atom stereocenters. The van der Waals surface area contributed by atoms with Gasteiger partial charge < -0.3 is 0 Å². The maximum absolute atomic E-state index is 5.07. The van der Waals surface area contributed by atoms with Crippen molar-refractivity contribution in [1.82, 2.24) is 24.5 Å². The number of aromatic nitrogens is 5. The fourth-order valence-corrected chi connectivity index (χ4v) is 5.44. The Labute approximate surface area is 246 Å². The Kier molecular flexibility index (Phi) is 6.76. The molecule has 5 heteroatoms. The molecule has 0 spiro atoms. The van der Waals surface area contributed by atoms with Crippen LogP contribution in [0.4, 0.5) is 0 Å².